The Morgan fingerprint density at radius 1 is 1.26 bits per heavy atom. The summed E-state index contributed by atoms with van der Waals surface area (Å²) in [5, 5.41) is 0. The number of ether oxygens (including phenoxy) is 2. The topological polar surface area (TPSA) is 35.5 Å². The molecule has 1 aromatic rings. The predicted molar refractivity (Wildman–Crippen MR) is 93.1 cm³/mol. The van der Waals surface area contributed by atoms with E-state index >= 15 is 0 Å². The predicted octanol–water partition coefficient (Wildman–Crippen LogP) is 4.91. The number of rotatable bonds is 4. The number of benzene rings is 1. The Labute approximate surface area is 139 Å². The second-order valence-electron chi connectivity index (χ2n) is 7.68. The van der Waals surface area contributed by atoms with Crippen LogP contribution in [-0.2, 0) is 17.8 Å². The van der Waals surface area contributed by atoms with Crippen LogP contribution in [0.2, 0.25) is 0 Å². The number of carbonyl (C=O) groups is 1. The minimum absolute atomic E-state index is 0.208. The summed E-state index contributed by atoms with van der Waals surface area (Å²) in [4.78, 5) is 12.0. The van der Waals surface area contributed by atoms with Crippen LogP contribution in [0.3, 0.4) is 0 Å². The molecular weight excluding hydrogens is 288 g/mol. The number of hydrogen-bond donors (Lipinski definition) is 0. The number of allylic oxidation sites excluding steroid dienone is 2. The van der Waals surface area contributed by atoms with Gasteiger partial charge >= 0.3 is 5.97 Å². The summed E-state index contributed by atoms with van der Waals surface area (Å²) < 4.78 is 10.9. The van der Waals surface area contributed by atoms with Crippen LogP contribution in [0, 0.1) is 19.3 Å². The Morgan fingerprint density at radius 3 is 2.48 bits per heavy atom. The lowest BCUT2D eigenvalue weighted by molar-refractivity contribution is 0.0534. The molecule has 0 bridgehead atoms. The average molecular weight is 316 g/mol. The first-order valence-electron chi connectivity index (χ1n) is 8.17. The summed E-state index contributed by atoms with van der Waals surface area (Å²) in [5.74, 6) is 0.680. The second-order valence-corrected chi connectivity index (χ2v) is 7.68. The molecule has 0 radical (unpaired) electrons. The summed E-state index contributed by atoms with van der Waals surface area (Å²) in [5.41, 5.74) is 6.46. The number of cyclic esters (lactones) is 1. The molecule has 1 aliphatic heterocycles. The first kappa shape index (κ1) is 17.6. The average Bonchev–Trinajstić information content (AvgIpc) is 2.81. The molecule has 3 nitrogen and oxygen atoms in total. The Bertz CT molecular complexity index is 661. The van der Waals surface area contributed by atoms with Gasteiger partial charge in [-0.05, 0) is 50.2 Å². The lowest BCUT2D eigenvalue weighted by Crippen LogP contribution is -2.07. The molecule has 0 saturated carbocycles. The van der Waals surface area contributed by atoms with Crippen molar-refractivity contribution in [2.75, 3.05) is 7.11 Å². The number of carbonyl (C=O) groups excluding carboxylic acids is 1. The van der Waals surface area contributed by atoms with Gasteiger partial charge < -0.3 is 9.47 Å². The molecule has 1 aromatic carbocycles. The highest BCUT2D eigenvalue weighted by Crippen LogP contribution is 2.38. The Morgan fingerprint density at radius 2 is 1.91 bits per heavy atom. The number of hydrogen-bond acceptors (Lipinski definition) is 3. The van der Waals surface area contributed by atoms with Crippen molar-refractivity contribution in [1.29, 1.82) is 0 Å². The molecule has 0 fully saturated rings. The zero-order chi connectivity index (χ0) is 17.4. The quantitative estimate of drug-likeness (QED) is 0.585. The maximum Gasteiger partial charge on any atom is 0.339 e. The van der Waals surface area contributed by atoms with Crippen LogP contribution in [0.4, 0.5) is 0 Å². The largest absolute Gasteiger partial charge is 0.496 e. The van der Waals surface area contributed by atoms with E-state index in [1.807, 2.05) is 13.8 Å². The van der Waals surface area contributed by atoms with E-state index in [-0.39, 0.29) is 11.4 Å². The third-order valence-corrected chi connectivity index (χ3v) is 4.42. The molecule has 1 heterocycles. The van der Waals surface area contributed by atoms with Crippen molar-refractivity contribution < 1.29 is 14.3 Å². The highest BCUT2D eigenvalue weighted by atomic mass is 16.5. The van der Waals surface area contributed by atoms with Gasteiger partial charge in [-0.1, -0.05) is 32.4 Å². The highest BCUT2D eigenvalue weighted by Gasteiger charge is 2.29. The first-order valence-corrected chi connectivity index (χ1v) is 8.17. The molecule has 1 aliphatic rings. The maximum absolute atomic E-state index is 12.0. The molecule has 3 heteroatoms. The zero-order valence-electron chi connectivity index (χ0n) is 15.4. The van der Waals surface area contributed by atoms with Gasteiger partial charge in [0.1, 0.15) is 12.4 Å². The normalized spacial score (nSPS) is 14.7. The lowest BCUT2D eigenvalue weighted by Gasteiger charge is -2.19. The van der Waals surface area contributed by atoms with Crippen molar-refractivity contribution in [2.45, 2.75) is 61.0 Å². The summed E-state index contributed by atoms with van der Waals surface area (Å²) in [6, 6.07) is 0. The van der Waals surface area contributed by atoms with E-state index < -0.39 is 0 Å². The van der Waals surface area contributed by atoms with E-state index in [0.29, 0.717) is 6.61 Å². The lowest BCUT2D eigenvalue weighted by atomic mass is 9.87. The van der Waals surface area contributed by atoms with Crippen molar-refractivity contribution in [2.24, 2.45) is 5.41 Å². The number of esters is 1. The molecular formula is C20H28O3. The highest BCUT2D eigenvalue weighted by molar-refractivity contribution is 5.96. The molecule has 0 aliphatic carbocycles. The molecule has 0 N–H and O–H groups in total. The molecule has 126 valence electrons. The molecule has 0 saturated heterocycles. The van der Waals surface area contributed by atoms with Gasteiger partial charge in [0.05, 0.1) is 12.7 Å². The molecule has 0 atom stereocenters. The van der Waals surface area contributed by atoms with Crippen LogP contribution >= 0.6 is 0 Å². The minimum Gasteiger partial charge on any atom is -0.496 e. The number of methoxy groups -OCH3 is 1. The maximum atomic E-state index is 12.0. The van der Waals surface area contributed by atoms with Gasteiger partial charge in [0.2, 0.25) is 0 Å². The van der Waals surface area contributed by atoms with Crippen molar-refractivity contribution in [3.8, 4) is 5.75 Å². The van der Waals surface area contributed by atoms with Gasteiger partial charge in [-0.15, -0.1) is 0 Å². The Balaban J connectivity index is 2.43. The van der Waals surface area contributed by atoms with E-state index in [0.717, 1.165) is 46.4 Å². The molecule has 0 unspecified atom stereocenters. The molecule has 0 spiro atoms. The summed E-state index contributed by atoms with van der Waals surface area (Å²) in [6.45, 7) is 13.3. The van der Waals surface area contributed by atoms with Gasteiger partial charge in [-0.25, -0.2) is 4.79 Å². The van der Waals surface area contributed by atoms with Crippen LogP contribution in [0.25, 0.3) is 0 Å². The van der Waals surface area contributed by atoms with Crippen LogP contribution < -0.4 is 4.74 Å². The SMILES string of the molecule is COc1c(C)c2c(c(C)c1C/C=C(\C)CC(C)(C)C)C(=O)OC2. The first-order chi connectivity index (χ1) is 10.7. The fraction of sp³-hybridized carbons (Fsp3) is 0.550. The van der Waals surface area contributed by atoms with Crippen molar-refractivity contribution in [3.05, 3.63) is 39.5 Å². The van der Waals surface area contributed by atoms with Crippen LogP contribution in [-0.4, -0.2) is 13.1 Å². The number of fused-ring (bicyclic) bond motifs is 1. The second kappa shape index (κ2) is 6.38. The molecule has 0 amide bonds. The van der Waals surface area contributed by atoms with Crippen LogP contribution in [0.15, 0.2) is 11.6 Å². The molecule has 0 aromatic heterocycles. The van der Waals surface area contributed by atoms with Crippen LogP contribution in [0.5, 0.6) is 5.75 Å². The van der Waals surface area contributed by atoms with Gasteiger partial charge in [0, 0.05) is 11.1 Å². The van der Waals surface area contributed by atoms with E-state index in [9.17, 15) is 4.79 Å². The standard InChI is InChI=1S/C20H28O3/c1-12(10-20(4,5)6)8-9-15-13(2)17-16(11-23-19(17)21)14(3)18(15)22-7/h8H,9-11H2,1-7H3/b12-8+. The fourth-order valence-corrected chi connectivity index (χ4v) is 3.47. The Kier molecular flexibility index (Phi) is 4.88. The summed E-state index contributed by atoms with van der Waals surface area (Å²) in [7, 11) is 1.70. The zero-order valence-corrected chi connectivity index (χ0v) is 15.4. The summed E-state index contributed by atoms with van der Waals surface area (Å²) >= 11 is 0. The van der Waals surface area contributed by atoms with Crippen LogP contribution in [0.1, 0.15) is 66.7 Å². The van der Waals surface area contributed by atoms with Crippen molar-refractivity contribution in [3.63, 3.8) is 0 Å². The van der Waals surface area contributed by atoms with E-state index in [2.05, 4.69) is 33.8 Å². The third kappa shape index (κ3) is 3.60. The molecule has 2 rings (SSSR count). The van der Waals surface area contributed by atoms with Crippen molar-refractivity contribution >= 4 is 5.97 Å². The van der Waals surface area contributed by atoms with Gasteiger partial charge in [-0.3, -0.25) is 0 Å². The minimum atomic E-state index is -0.208. The van der Waals surface area contributed by atoms with E-state index in [4.69, 9.17) is 9.47 Å². The molecule has 23 heavy (non-hydrogen) atoms. The van der Waals surface area contributed by atoms with E-state index in [1.54, 1.807) is 7.11 Å². The smallest absolute Gasteiger partial charge is 0.339 e. The Hall–Kier alpha value is -1.77. The van der Waals surface area contributed by atoms with Gasteiger partial charge in [0.15, 0.2) is 0 Å². The van der Waals surface area contributed by atoms with Gasteiger partial charge in [0.25, 0.3) is 0 Å². The fourth-order valence-electron chi connectivity index (χ4n) is 3.47. The summed E-state index contributed by atoms with van der Waals surface area (Å²) in [6.07, 6.45) is 4.08. The van der Waals surface area contributed by atoms with E-state index in [1.165, 1.54) is 5.57 Å². The third-order valence-electron chi connectivity index (χ3n) is 4.42. The van der Waals surface area contributed by atoms with Crippen molar-refractivity contribution in [1.82, 2.24) is 0 Å². The van der Waals surface area contributed by atoms with Gasteiger partial charge in [-0.2, -0.15) is 0 Å². The monoisotopic (exact) mass is 316 g/mol.